The van der Waals surface area contributed by atoms with Crippen LogP contribution in [0.2, 0.25) is 0 Å². The Hall–Kier alpha value is -2.35. The van der Waals surface area contributed by atoms with Gasteiger partial charge in [0.2, 0.25) is 5.91 Å². The van der Waals surface area contributed by atoms with Gasteiger partial charge in [0.25, 0.3) is 5.91 Å². The molecule has 1 fully saturated rings. The standard InChI is InChI=1S/C18H22N4O3S/c1-12-15(13(2)25-21-12)11-26-18-14(6-5-7-19-18)17(24)20-10-16(23)22-8-3-4-9-22/h5-7H,3-4,8-11H2,1-2H3,(H,20,24). The second kappa shape index (κ2) is 8.35. The van der Waals surface area contributed by atoms with E-state index in [9.17, 15) is 9.59 Å². The molecule has 8 heteroatoms. The quantitative estimate of drug-likeness (QED) is 0.781. The molecule has 2 aromatic heterocycles. The van der Waals surface area contributed by atoms with E-state index in [2.05, 4.69) is 15.5 Å². The molecule has 1 saturated heterocycles. The molecule has 2 amide bonds. The van der Waals surface area contributed by atoms with E-state index in [4.69, 9.17) is 4.52 Å². The summed E-state index contributed by atoms with van der Waals surface area (Å²) < 4.78 is 5.17. The van der Waals surface area contributed by atoms with Crippen LogP contribution >= 0.6 is 11.8 Å². The van der Waals surface area contributed by atoms with E-state index in [1.807, 2.05) is 13.8 Å². The summed E-state index contributed by atoms with van der Waals surface area (Å²) in [5.41, 5.74) is 2.32. The zero-order valence-electron chi connectivity index (χ0n) is 14.9. The molecule has 26 heavy (non-hydrogen) atoms. The Kier molecular flexibility index (Phi) is 5.92. The molecule has 0 aliphatic carbocycles. The molecule has 1 aliphatic heterocycles. The number of thioether (sulfide) groups is 1. The van der Waals surface area contributed by atoms with Gasteiger partial charge in [-0.2, -0.15) is 0 Å². The third-order valence-electron chi connectivity index (χ3n) is 4.41. The van der Waals surface area contributed by atoms with Gasteiger partial charge >= 0.3 is 0 Å². The van der Waals surface area contributed by atoms with Crippen molar-refractivity contribution in [1.82, 2.24) is 20.4 Å². The first kappa shape index (κ1) is 18.4. The number of likely N-dealkylation sites (tertiary alicyclic amines) is 1. The summed E-state index contributed by atoms with van der Waals surface area (Å²) in [5.74, 6) is 1.07. The molecule has 0 radical (unpaired) electrons. The van der Waals surface area contributed by atoms with Gasteiger partial charge in [-0.3, -0.25) is 9.59 Å². The number of hydrogen-bond acceptors (Lipinski definition) is 6. The van der Waals surface area contributed by atoms with Crippen molar-refractivity contribution in [2.75, 3.05) is 19.6 Å². The van der Waals surface area contributed by atoms with Crippen molar-refractivity contribution < 1.29 is 14.1 Å². The predicted octanol–water partition coefficient (Wildman–Crippen LogP) is 2.33. The second-order valence-electron chi connectivity index (χ2n) is 6.22. The number of carbonyl (C=O) groups is 2. The number of hydrogen-bond donors (Lipinski definition) is 1. The molecule has 3 rings (SSSR count). The number of carbonyl (C=O) groups excluding carboxylic acids is 2. The lowest BCUT2D eigenvalue weighted by Gasteiger charge is -2.15. The number of rotatable bonds is 6. The molecule has 0 atom stereocenters. The van der Waals surface area contributed by atoms with Crippen LogP contribution in [0.1, 0.15) is 40.2 Å². The molecule has 2 aromatic rings. The lowest BCUT2D eigenvalue weighted by molar-refractivity contribution is -0.129. The SMILES string of the molecule is Cc1noc(C)c1CSc1ncccc1C(=O)NCC(=O)N1CCCC1. The van der Waals surface area contributed by atoms with Crippen LogP contribution in [0.3, 0.4) is 0 Å². The lowest BCUT2D eigenvalue weighted by Crippen LogP contribution is -2.38. The number of amides is 2. The summed E-state index contributed by atoms with van der Waals surface area (Å²) in [5, 5.41) is 7.28. The number of aryl methyl sites for hydroxylation is 2. The fourth-order valence-corrected chi connectivity index (χ4v) is 4.00. The maximum absolute atomic E-state index is 12.5. The van der Waals surface area contributed by atoms with Gasteiger partial charge in [-0.05, 0) is 38.8 Å². The second-order valence-corrected chi connectivity index (χ2v) is 7.18. The zero-order valence-corrected chi connectivity index (χ0v) is 15.8. The zero-order chi connectivity index (χ0) is 18.5. The Balaban J connectivity index is 1.62. The highest BCUT2D eigenvalue weighted by atomic mass is 32.2. The van der Waals surface area contributed by atoms with Gasteiger partial charge < -0.3 is 14.7 Å². The predicted molar refractivity (Wildman–Crippen MR) is 97.9 cm³/mol. The molecule has 1 aliphatic rings. The summed E-state index contributed by atoms with van der Waals surface area (Å²) in [6.45, 7) is 5.33. The van der Waals surface area contributed by atoms with E-state index >= 15 is 0 Å². The van der Waals surface area contributed by atoms with Crippen LogP contribution < -0.4 is 5.32 Å². The summed E-state index contributed by atoms with van der Waals surface area (Å²) in [6, 6.07) is 3.44. The van der Waals surface area contributed by atoms with Crippen molar-refractivity contribution in [3.63, 3.8) is 0 Å². The van der Waals surface area contributed by atoms with Gasteiger partial charge in [-0.15, -0.1) is 11.8 Å². The molecule has 0 saturated carbocycles. The number of nitrogens with zero attached hydrogens (tertiary/aromatic N) is 3. The van der Waals surface area contributed by atoms with Gasteiger partial charge in [0.05, 0.1) is 17.8 Å². The molecule has 3 heterocycles. The highest BCUT2D eigenvalue weighted by Gasteiger charge is 2.20. The van der Waals surface area contributed by atoms with Crippen molar-refractivity contribution in [3.05, 3.63) is 40.9 Å². The molecule has 0 bridgehead atoms. The third-order valence-corrected chi connectivity index (χ3v) is 5.44. The van der Waals surface area contributed by atoms with Gasteiger partial charge in [-0.25, -0.2) is 4.98 Å². The van der Waals surface area contributed by atoms with Crippen LogP contribution in [0.4, 0.5) is 0 Å². The van der Waals surface area contributed by atoms with Crippen LogP contribution in [0.15, 0.2) is 27.9 Å². The molecule has 1 N–H and O–H groups in total. The highest BCUT2D eigenvalue weighted by molar-refractivity contribution is 7.98. The molecule has 0 aromatic carbocycles. The van der Waals surface area contributed by atoms with Crippen molar-refractivity contribution in [2.24, 2.45) is 0 Å². The Morgan fingerprint density at radius 1 is 1.31 bits per heavy atom. The molecule has 7 nitrogen and oxygen atoms in total. The normalized spacial score (nSPS) is 13.8. The molecule has 138 valence electrons. The van der Waals surface area contributed by atoms with Gasteiger partial charge in [0, 0.05) is 30.6 Å². The van der Waals surface area contributed by atoms with Gasteiger partial charge in [0.1, 0.15) is 10.8 Å². The van der Waals surface area contributed by atoms with Gasteiger partial charge in [-0.1, -0.05) is 5.16 Å². The van der Waals surface area contributed by atoms with E-state index in [0.29, 0.717) is 16.3 Å². The smallest absolute Gasteiger partial charge is 0.254 e. The first-order valence-electron chi connectivity index (χ1n) is 8.62. The Morgan fingerprint density at radius 2 is 2.08 bits per heavy atom. The van der Waals surface area contributed by atoms with E-state index in [0.717, 1.165) is 42.9 Å². The minimum atomic E-state index is -0.285. The number of nitrogens with one attached hydrogen (secondary N) is 1. The topological polar surface area (TPSA) is 88.3 Å². The molecular formula is C18H22N4O3S. The minimum Gasteiger partial charge on any atom is -0.361 e. The lowest BCUT2D eigenvalue weighted by atomic mass is 10.2. The number of aromatic nitrogens is 2. The maximum atomic E-state index is 12.5. The molecular weight excluding hydrogens is 352 g/mol. The summed E-state index contributed by atoms with van der Waals surface area (Å²) in [4.78, 5) is 30.7. The van der Waals surface area contributed by atoms with Crippen molar-refractivity contribution in [2.45, 2.75) is 37.5 Å². The van der Waals surface area contributed by atoms with E-state index in [1.54, 1.807) is 23.2 Å². The monoisotopic (exact) mass is 374 g/mol. The van der Waals surface area contributed by atoms with E-state index in [1.165, 1.54) is 11.8 Å². The van der Waals surface area contributed by atoms with Crippen LogP contribution in [0.25, 0.3) is 0 Å². The molecule has 0 spiro atoms. The first-order chi connectivity index (χ1) is 12.6. The average molecular weight is 374 g/mol. The van der Waals surface area contributed by atoms with Crippen molar-refractivity contribution >= 4 is 23.6 Å². The minimum absolute atomic E-state index is 0.0156. The van der Waals surface area contributed by atoms with Crippen LogP contribution in [0.5, 0.6) is 0 Å². The third kappa shape index (κ3) is 4.24. The fraction of sp³-hybridized carbons (Fsp3) is 0.444. The molecule has 0 unspecified atom stereocenters. The van der Waals surface area contributed by atoms with E-state index in [-0.39, 0.29) is 18.4 Å². The largest absolute Gasteiger partial charge is 0.361 e. The van der Waals surface area contributed by atoms with Crippen LogP contribution in [0, 0.1) is 13.8 Å². The van der Waals surface area contributed by atoms with Crippen molar-refractivity contribution in [1.29, 1.82) is 0 Å². The maximum Gasteiger partial charge on any atom is 0.254 e. The Morgan fingerprint density at radius 3 is 2.77 bits per heavy atom. The van der Waals surface area contributed by atoms with Gasteiger partial charge in [0.15, 0.2) is 0 Å². The summed E-state index contributed by atoms with van der Waals surface area (Å²) in [7, 11) is 0. The Labute approximate surface area is 156 Å². The highest BCUT2D eigenvalue weighted by Crippen LogP contribution is 2.27. The van der Waals surface area contributed by atoms with Crippen molar-refractivity contribution in [3.8, 4) is 0 Å². The summed E-state index contributed by atoms with van der Waals surface area (Å²) >= 11 is 1.45. The Bertz CT molecular complexity index is 780. The number of pyridine rings is 1. The van der Waals surface area contributed by atoms with Crippen LogP contribution in [-0.2, 0) is 10.5 Å². The van der Waals surface area contributed by atoms with E-state index < -0.39 is 0 Å². The summed E-state index contributed by atoms with van der Waals surface area (Å²) in [6.07, 6.45) is 3.72. The average Bonchev–Trinajstić information content (AvgIpc) is 3.29. The van der Waals surface area contributed by atoms with Crippen LogP contribution in [-0.4, -0.2) is 46.5 Å². The fourth-order valence-electron chi connectivity index (χ4n) is 2.86. The first-order valence-corrected chi connectivity index (χ1v) is 9.60.